The Kier molecular flexibility index (Phi) is 6.63. The van der Waals surface area contributed by atoms with E-state index in [-0.39, 0.29) is 24.7 Å². The average Bonchev–Trinajstić information content (AvgIpc) is 2.61. The molecule has 2 aromatic rings. The summed E-state index contributed by atoms with van der Waals surface area (Å²) >= 11 is 0. The molecular formula is C19H24N2O2. The molecule has 23 heavy (non-hydrogen) atoms. The number of carbonyl (C=O) groups excluding carboxylic acids is 1. The molecule has 0 aliphatic rings. The molecule has 0 spiro atoms. The number of amides is 2. The van der Waals surface area contributed by atoms with Gasteiger partial charge >= 0.3 is 6.03 Å². The van der Waals surface area contributed by atoms with Gasteiger partial charge in [0.1, 0.15) is 0 Å². The van der Waals surface area contributed by atoms with Crippen molar-refractivity contribution >= 4 is 6.03 Å². The summed E-state index contributed by atoms with van der Waals surface area (Å²) in [6.07, 6.45) is 1.35. The SMILES string of the molecule is CCC(CCO)NC(=O)NC(c1ccccc1)c1ccccc1. The molecule has 3 N–H and O–H groups in total. The summed E-state index contributed by atoms with van der Waals surface area (Å²) in [5.41, 5.74) is 2.06. The topological polar surface area (TPSA) is 61.4 Å². The first-order valence-electron chi connectivity index (χ1n) is 8.02. The molecule has 0 fully saturated rings. The normalized spacial score (nSPS) is 12.0. The minimum Gasteiger partial charge on any atom is -0.396 e. The van der Waals surface area contributed by atoms with E-state index < -0.39 is 0 Å². The molecule has 1 unspecified atom stereocenters. The molecule has 1 atom stereocenters. The predicted molar refractivity (Wildman–Crippen MR) is 92.2 cm³/mol. The summed E-state index contributed by atoms with van der Waals surface area (Å²) in [5.74, 6) is 0. The second kappa shape index (κ2) is 8.96. The summed E-state index contributed by atoms with van der Waals surface area (Å²) in [4.78, 5) is 12.3. The number of hydrogen-bond donors (Lipinski definition) is 3. The van der Waals surface area contributed by atoms with E-state index in [0.717, 1.165) is 17.5 Å². The van der Waals surface area contributed by atoms with Gasteiger partial charge in [-0.15, -0.1) is 0 Å². The highest BCUT2D eigenvalue weighted by Crippen LogP contribution is 2.21. The van der Waals surface area contributed by atoms with Crippen LogP contribution in [0.3, 0.4) is 0 Å². The Hall–Kier alpha value is -2.33. The molecule has 0 heterocycles. The highest BCUT2D eigenvalue weighted by atomic mass is 16.3. The Morgan fingerprint density at radius 1 is 0.957 bits per heavy atom. The van der Waals surface area contributed by atoms with Gasteiger partial charge in [0.25, 0.3) is 0 Å². The third-order valence-corrected chi connectivity index (χ3v) is 3.85. The van der Waals surface area contributed by atoms with Crippen molar-refractivity contribution < 1.29 is 9.90 Å². The number of aliphatic hydroxyl groups excluding tert-OH is 1. The van der Waals surface area contributed by atoms with Crippen molar-refractivity contribution in [3.05, 3.63) is 71.8 Å². The van der Waals surface area contributed by atoms with Crippen LogP contribution in [0, 0.1) is 0 Å². The summed E-state index contributed by atoms with van der Waals surface area (Å²) in [5, 5.41) is 15.0. The van der Waals surface area contributed by atoms with Crippen LogP contribution in [-0.2, 0) is 0 Å². The Labute approximate surface area is 137 Å². The van der Waals surface area contributed by atoms with E-state index >= 15 is 0 Å². The monoisotopic (exact) mass is 312 g/mol. The van der Waals surface area contributed by atoms with Crippen LogP contribution in [0.5, 0.6) is 0 Å². The minimum absolute atomic E-state index is 0.0211. The fourth-order valence-electron chi connectivity index (χ4n) is 2.54. The zero-order valence-electron chi connectivity index (χ0n) is 13.4. The van der Waals surface area contributed by atoms with Crippen molar-refractivity contribution in [3.63, 3.8) is 0 Å². The van der Waals surface area contributed by atoms with Crippen molar-refractivity contribution in [1.29, 1.82) is 0 Å². The molecule has 0 aromatic heterocycles. The molecule has 0 saturated carbocycles. The third-order valence-electron chi connectivity index (χ3n) is 3.85. The standard InChI is InChI=1S/C19H24N2O2/c1-2-17(13-14-22)20-19(23)21-18(15-9-5-3-6-10-15)16-11-7-4-8-12-16/h3-12,17-18,22H,2,13-14H2,1H3,(H2,20,21,23). The van der Waals surface area contributed by atoms with Crippen LogP contribution in [0.4, 0.5) is 4.79 Å². The second-order valence-electron chi connectivity index (χ2n) is 5.49. The summed E-state index contributed by atoms with van der Waals surface area (Å²) in [6, 6.07) is 19.3. The summed E-state index contributed by atoms with van der Waals surface area (Å²) in [6.45, 7) is 2.06. The zero-order chi connectivity index (χ0) is 16.5. The van der Waals surface area contributed by atoms with Crippen LogP contribution in [0.2, 0.25) is 0 Å². The largest absolute Gasteiger partial charge is 0.396 e. The Morgan fingerprint density at radius 3 is 1.91 bits per heavy atom. The Morgan fingerprint density at radius 2 is 1.48 bits per heavy atom. The van der Waals surface area contributed by atoms with E-state index in [2.05, 4.69) is 10.6 Å². The molecule has 0 aliphatic carbocycles. The van der Waals surface area contributed by atoms with Gasteiger partial charge in [-0.3, -0.25) is 0 Å². The number of urea groups is 1. The molecule has 2 aromatic carbocycles. The first-order valence-corrected chi connectivity index (χ1v) is 8.02. The average molecular weight is 312 g/mol. The van der Waals surface area contributed by atoms with Gasteiger partial charge in [-0.1, -0.05) is 67.6 Å². The molecular weight excluding hydrogens is 288 g/mol. The lowest BCUT2D eigenvalue weighted by molar-refractivity contribution is 0.226. The first-order chi connectivity index (χ1) is 11.2. The van der Waals surface area contributed by atoms with Crippen LogP contribution in [0.15, 0.2) is 60.7 Å². The molecule has 4 heteroatoms. The van der Waals surface area contributed by atoms with Gasteiger partial charge in [-0.2, -0.15) is 0 Å². The van der Waals surface area contributed by atoms with Crippen molar-refractivity contribution in [3.8, 4) is 0 Å². The van der Waals surface area contributed by atoms with Crippen molar-refractivity contribution in [1.82, 2.24) is 10.6 Å². The molecule has 0 saturated heterocycles. The van der Waals surface area contributed by atoms with Gasteiger partial charge in [0, 0.05) is 12.6 Å². The smallest absolute Gasteiger partial charge is 0.315 e. The number of carbonyl (C=O) groups is 1. The number of rotatable bonds is 7. The van der Waals surface area contributed by atoms with E-state index in [1.807, 2.05) is 67.6 Å². The van der Waals surface area contributed by atoms with Gasteiger partial charge in [0.15, 0.2) is 0 Å². The van der Waals surface area contributed by atoms with Crippen molar-refractivity contribution in [2.45, 2.75) is 31.8 Å². The zero-order valence-corrected chi connectivity index (χ0v) is 13.4. The first kappa shape index (κ1) is 17.0. The van der Waals surface area contributed by atoms with Crippen LogP contribution < -0.4 is 10.6 Å². The van der Waals surface area contributed by atoms with Crippen LogP contribution >= 0.6 is 0 Å². The molecule has 0 radical (unpaired) electrons. The number of hydrogen-bond acceptors (Lipinski definition) is 2. The maximum Gasteiger partial charge on any atom is 0.315 e. The van der Waals surface area contributed by atoms with Crippen LogP contribution in [0.25, 0.3) is 0 Å². The Bertz CT molecular complexity index is 547. The number of benzene rings is 2. The molecule has 122 valence electrons. The van der Waals surface area contributed by atoms with Gasteiger partial charge in [-0.25, -0.2) is 4.79 Å². The summed E-state index contributed by atoms with van der Waals surface area (Å²) in [7, 11) is 0. The highest BCUT2D eigenvalue weighted by molar-refractivity contribution is 5.75. The van der Waals surface area contributed by atoms with E-state index in [4.69, 9.17) is 5.11 Å². The van der Waals surface area contributed by atoms with Gasteiger partial charge in [-0.05, 0) is 24.0 Å². The molecule has 2 amide bonds. The lowest BCUT2D eigenvalue weighted by Gasteiger charge is -2.22. The predicted octanol–water partition coefficient (Wildman–Crippen LogP) is 3.24. The molecule has 4 nitrogen and oxygen atoms in total. The maximum absolute atomic E-state index is 12.3. The fourth-order valence-corrected chi connectivity index (χ4v) is 2.54. The van der Waals surface area contributed by atoms with Crippen LogP contribution in [0.1, 0.15) is 36.9 Å². The minimum atomic E-state index is -0.219. The van der Waals surface area contributed by atoms with E-state index in [1.165, 1.54) is 0 Å². The van der Waals surface area contributed by atoms with Gasteiger partial charge in [0.05, 0.1) is 6.04 Å². The maximum atomic E-state index is 12.3. The summed E-state index contributed by atoms with van der Waals surface area (Å²) < 4.78 is 0. The quantitative estimate of drug-likeness (QED) is 0.735. The molecule has 0 aliphatic heterocycles. The molecule has 0 bridgehead atoms. The van der Waals surface area contributed by atoms with E-state index in [9.17, 15) is 4.79 Å². The highest BCUT2D eigenvalue weighted by Gasteiger charge is 2.18. The number of aliphatic hydroxyl groups is 1. The Balaban J connectivity index is 2.14. The van der Waals surface area contributed by atoms with Gasteiger partial charge < -0.3 is 15.7 Å². The lowest BCUT2D eigenvalue weighted by Crippen LogP contribution is -2.43. The lowest BCUT2D eigenvalue weighted by atomic mass is 9.99. The van der Waals surface area contributed by atoms with Gasteiger partial charge in [0.2, 0.25) is 0 Å². The van der Waals surface area contributed by atoms with Crippen molar-refractivity contribution in [2.24, 2.45) is 0 Å². The van der Waals surface area contributed by atoms with Crippen LogP contribution in [-0.4, -0.2) is 23.8 Å². The van der Waals surface area contributed by atoms with Crippen molar-refractivity contribution in [2.75, 3.05) is 6.61 Å². The van der Waals surface area contributed by atoms with E-state index in [1.54, 1.807) is 0 Å². The number of nitrogens with one attached hydrogen (secondary N) is 2. The van der Waals surface area contributed by atoms with E-state index in [0.29, 0.717) is 6.42 Å². The fraction of sp³-hybridized carbons (Fsp3) is 0.316. The molecule has 2 rings (SSSR count). The third kappa shape index (κ3) is 5.11. The second-order valence-corrected chi connectivity index (χ2v) is 5.49.